The number of amides is 1. The van der Waals surface area contributed by atoms with Crippen LogP contribution in [0.15, 0.2) is 41.3 Å². The molecule has 0 saturated carbocycles. The number of piperidine rings is 1. The van der Waals surface area contributed by atoms with Crippen molar-refractivity contribution in [3.63, 3.8) is 0 Å². The first-order chi connectivity index (χ1) is 13.5. The van der Waals surface area contributed by atoms with Gasteiger partial charge in [-0.15, -0.1) is 0 Å². The fourth-order valence-electron chi connectivity index (χ4n) is 3.54. The summed E-state index contributed by atoms with van der Waals surface area (Å²) in [6, 6.07) is 9.27. The van der Waals surface area contributed by atoms with Gasteiger partial charge in [-0.1, -0.05) is 25.1 Å². The average molecular weight is 383 g/mol. The Bertz CT molecular complexity index is 883. The summed E-state index contributed by atoms with van der Waals surface area (Å²) in [5.74, 6) is 0.863. The van der Waals surface area contributed by atoms with Gasteiger partial charge in [0.05, 0.1) is 13.3 Å². The molecule has 1 aromatic carbocycles. The summed E-state index contributed by atoms with van der Waals surface area (Å²) in [6.45, 7) is 7.04. The van der Waals surface area contributed by atoms with E-state index in [9.17, 15) is 9.59 Å². The van der Waals surface area contributed by atoms with Gasteiger partial charge in [-0.25, -0.2) is 0 Å². The molecule has 2 heterocycles. The summed E-state index contributed by atoms with van der Waals surface area (Å²) >= 11 is 0. The van der Waals surface area contributed by atoms with Crippen molar-refractivity contribution in [1.82, 2.24) is 9.47 Å². The molecule has 1 amide bonds. The summed E-state index contributed by atoms with van der Waals surface area (Å²) in [6.07, 6.45) is 3.96. The molecule has 28 heavy (non-hydrogen) atoms. The Hall–Kier alpha value is -2.60. The van der Waals surface area contributed by atoms with Crippen molar-refractivity contribution in [3.8, 4) is 5.75 Å². The van der Waals surface area contributed by atoms with Crippen LogP contribution < -0.4 is 15.5 Å². The Kier molecular flexibility index (Phi) is 6.52. The van der Waals surface area contributed by atoms with E-state index in [0.29, 0.717) is 6.54 Å². The number of nitrogens with one attached hydrogen (secondary N) is 1. The Morgan fingerprint density at radius 2 is 1.96 bits per heavy atom. The highest BCUT2D eigenvalue weighted by atomic mass is 16.5. The largest absolute Gasteiger partial charge is 0.491 e. The number of hydrogen-bond donors (Lipinski definition) is 1. The molecule has 6 nitrogen and oxygen atoms in total. The quantitative estimate of drug-likeness (QED) is 0.833. The Morgan fingerprint density at radius 1 is 1.25 bits per heavy atom. The van der Waals surface area contributed by atoms with Gasteiger partial charge in [-0.3, -0.25) is 14.5 Å². The molecule has 1 aliphatic rings. The van der Waals surface area contributed by atoms with Crippen LogP contribution >= 0.6 is 0 Å². The fourth-order valence-corrected chi connectivity index (χ4v) is 3.54. The minimum Gasteiger partial charge on any atom is -0.491 e. The zero-order valence-corrected chi connectivity index (χ0v) is 16.9. The van der Waals surface area contributed by atoms with E-state index in [4.69, 9.17) is 4.74 Å². The molecule has 1 saturated heterocycles. The van der Waals surface area contributed by atoms with Gasteiger partial charge in [0.1, 0.15) is 6.54 Å². The third-order valence-corrected chi connectivity index (χ3v) is 5.40. The second-order valence-corrected chi connectivity index (χ2v) is 7.65. The predicted molar refractivity (Wildman–Crippen MR) is 111 cm³/mol. The van der Waals surface area contributed by atoms with E-state index in [0.717, 1.165) is 48.8 Å². The number of para-hydroxylation sites is 1. The van der Waals surface area contributed by atoms with Gasteiger partial charge in [0, 0.05) is 24.0 Å². The number of rotatable bonds is 6. The molecular weight excluding hydrogens is 354 g/mol. The Morgan fingerprint density at radius 3 is 2.64 bits per heavy atom. The lowest BCUT2D eigenvalue weighted by Gasteiger charge is -2.31. The van der Waals surface area contributed by atoms with Crippen molar-refractivity contribution >= 4 is 11.6 Å². The number of nitrogens with zero attached hydrogens (tertiary/aromatic N) is 2. The molecule has 2 aromatic rings. The first-order valence-corrected chi connectivity index (χ1v) is 9.81. The van der Waals surface area contributed by atoms with Crippen molar-refractivity contribution in [3.05, 3.63) is 58.0 Å². The minimum absolute atomic E-state index is 0.130. The Balaban J connectivity index is 1.78. The summed E-state index contributed by atoms with van der Waals surface area (Å²) in [7, 11) is 1.47. The number of anilines is 1. The van der Waals surface area contributed by atoms with Gasteiger partial charge in [0.15, 0.2) is 5.75 Å². The summed E-state index contributed by atoms with van der Waals surface area (Å²) in [4.78, 5) is 27.3. The van der Waals surface area contributed by atoms with Gasteiger partial charge in [-0.05, 0) is 50.4 Å². The SMILES string of the molecule is COc1cn(CC(=O)Nc2ccccc2C)c(CN2CCC(C)CC2)cc1=O. The van der Waals surface area contributed by atoms with Gasteiger partial charge in [-0.2, -0.15) is 0 Å². The zero-order chi connectivity index (χ0) is 20.1. The number of benzene rings is 1. The van der Waals surface area contributed by atoms with Crippen LogP contribution in [-0.2, 0) is 17.9 Å². The molecule has 0 spiro atoms. The van der Waals surface area contributed by atoms with Crippen LogP contribution in [0.1, 0.15) is 31.0 Å². The van der Waals surface area contributed by atoms with E-state index in [1.165, 1.54) is 7.11 Å². The summed E-state index contributed by atoms with van der Waals surface area (Å²) < 4.78 is 7.01. The monoisotopic (exact) mass is 383 g/mol. The van der Waals surface area contributed by atoms with Crippen LogP contribution in [0.5, 0.6) is 5.75 Å². The molecule has 1 fully saturated rings. The smallest absolute Gasteiger partial charge is 0.244 e. The third kappa shape index (κ3) is 5.01. The van der Waals surface area contributed by atoms with Crippen molar-refractivity contribution in [2.24, 2.45) is 5.92 Å². The van der Waals surface area contributed by atoms with E-state index < -0.39 is 0 Å². The standard InChI is InChI=1S/C22H29N3O3/c1-16-8-10-24(11-9-16)13-18-12-20(26)21(28-3)14-25(18)15-22(27)23-19-7-5-4-6-17(19)2/h4-7,12,14,16H,8-11,13,15H2,1-3H3,(H,23,27). The maximum Gasteiger partial charge on any atom is 0.244 e. The molecule has 0 unspecified atom stereocenters. The third-order valence-electron chi connectivity index (χ3n) is 5.40. The molecule has 1 N–H and O–H groups in total. The number of carbonyl (C=O) groups is 1. The van der Waals surface area contributed by atoms with Crippen LogP contribution in [0, 0.1) is 12.8 Å². The van der Waals surface area contributed by atoms with Crippen LogP contribution in [0.3, 0.4) is 0 Å². The average Bonchev–Trinajstić information content (AvgIpc) is 2.67. The molecule has 1 aromatic heterocycles. The van der Waals surface area contributed by atoms with E-state index in [2.05, 4.69) is 17.1 Å². The molecule has 0 radical (unpaired) electrons. The zero-order valence-electron chi connectivity index (χ0n) is 16.9. The van der Waals surface area contributed by atoms with Crippen LogP contribution in [0.25, 0.3) is 0 Å². The normalized spacial score (nSPS) is 15.4. The number of methoxy groups -OCH3 is 1. The predicted octanol–water partition coefficient (Wildman–Crippen LogP) is 3.04. The lowest BCUT2D eigenvalue weighted by molar-refractivity contribution is -0.116. The molecule has 0 bridgehead atoms. The number of aryl methyl sites for hydroxylation is 1. The van der Waals surface area contributed by atoms with E-state index in [1.807, 2.05) is 35.8 Å². The van der Waals surface area contributed by atoms with E-state index >= 15 is 0 Å². The molecule has 0 atom stereocenters. The number of carbonyl (C=O) groups excluding carboxylic acids is 1. The van der Waals surface area contributed by atoms with Gasteiger partial charge in [0.25, 0.3) is 0 Å². The van der Waals surface area contributed by atoms with Crippen molar-refractivity contribution in [2.75, 3.05) is 25.5 Å². The molecule has 0 aliphatic carbocycles. The molecular formula is C22H29N3O3. The van der Waals surface area contributed by atoms with Gasteiger partial charge >= 0.3 is 0 Å². The maximum atomic E-state index is 12.6. The molecule has 1 aliphatic heterocycles. The lowest BCUT2D eigenvalue weighted by Crippen LogP contribution is -2.34. The summed E-state index contributed by atoms with van der Waals surface area (Å²) in [5, 5.41) is 2.96. The summed E-state index contributed by atoms with van der Waals surface area (Å²) in [5.41, 5.74) is 2.49. The van der Waals surface area contributed by atoms with Crippen molar-refractivity contribution in [1.29, 1.82) is 0 Å². The highest BCUT2D eigenvalue weighted by Crippen LogP contribution is 2.19. The van der Waals surface area contributed by atoms with Crippen LogP contribution in [0.4, 0.5) is 5.69 Å². The van der Waals surface area contributed by atoms with Crippen LogP contribution in [-0.4, -0.2) is 35.6 Å². The lowest BCUT2D eigenvalue weighted by atomic mass is 9.99. The van der Waals surface area contributed by atoms with Gasteiger partial charge < -0.3 is 14.6 Å². The van der Waals surface area contributed by atoms with Crippen molar-refractivity contribution in [2.45, 2.75) is 39.8 Å². The number of hydrogen-bond acceptors (Lipinski definition) is 4. The highest BCUT2D eigenvalue weighted by Gasteiger charge is 2.18. The minimum atomic E-state index is -0.154. The second-order valence-electron chi connectivity index (χ2n) is 7.65. The highest BCUT2D eigenvalue weighted by molar-refractivity contribution is 5.91. The number of likely N-dealkylation sites (tertiary alicyclic amines) is 1. The maximum absolute atomic E-state index is 12.6. The van der Waals surface area contributed by atoms with E-state index in [1.54, 1.807) is 12.3 Å². The van der Waals surface area contributed by atoms with Crippen molar-refractivity contribution < 1.29 is 9.53 Å². The fraction of sp³-hybridized carbons (Fsp3) is 0.455. The molecule has 6 heteroatoms. The van der Waals surface area contributed by atoms with Crippen LogP contribution in [0.2, 0.25) is 0 Å². The second kappa shape index (κ2) is 9.06. The number of pyridine rings is 1. The first-order valence-electron chi connectivity index (χ1n) is 9.81. The number of ether oxygens (including phenoxy) is 1. The molecule has 3 rings (SSSR count). The topological polar surface area (TPSA) is 63.6 Å². The number of aromatic nitrogens is 1. The Labute approximate surface area is 166 Å². The van der Waals surface area contributed by atoms with E-state index in [-0.39, 0.29) is 23.6 Å². The molecule has 150 valence electrons. The van der Waals surface area contributed by atoms with Gasteiger partial charge in [0.2, 0.25) is 11.3 Å². The first kappa shape index (κ1) is 20.1.